The zero-order valence-corrected chi connectivity index (χ0v) is 10.4. The van der Waals surface area contributed by atoms with Gasteiger partial charge in [-0.2, -0.15) is 0 Å². The van der Waals surface area contributed by atoms with Crippen molar-refractivity contribution < 1.29 is 8.81 Å². The molecule has 2 heterocycles. The fourth-order valence-corrected chi connectivity index (χ4v) is 2.20. The van der Waals surface area contributed by atoms with Crippen LogP contribution in [0.2, 0.25) is 0 Å². The summed E-state index contributed by atoms with van der Waals surface area (Å²) >= 11 is 0. The molecule has 0 saturated heterocycles. The number of benzene rings is 1. The molecule has 3 aromatic rings. The molecule has 2 aromatic heterocycles. The lowest BCUT2D eigenvalue weighted by atomic mass is 10.1. The van der Waals surface area contributed by atoms with Gasteiger partial charge in [-0.15, -0.1) is 0 Å². The van der Waals surface area contributed by atoms with Crippen molar-refractivity contribution in [3.63, 3.8) is 0 Å². The second-order valence-electron chi connectivity index (χ2n) is 4.34. The predicted molar refractivity (Wildman–Crippen MR) is 71.3 cm³/mol. The summed E-state index contributed by atoms with van der Waals surface area (Å²) in [5.41, 5.74) is 1.69. The van der Waals surface area contributed by atoms with E-state index in [2.05, 4.69) is 10.3 Å². The third kappa shape index (κ3) is 2.22. The summed E-state index contributed by atoms with van der Waals surface area (Å²) in [4.78, 5) is 4.11. The van der Waals surface area contributed by atoms with Gasteiger partial charge in [0, 0.05) is 17.8 Å². The average molecular weight is 256 g/mol. The van der Waals surface area contributed by atoms with Crippen LogP contribution in [0, 0.1) is 5.82 Å². The topological polar surface area (TPSA) is 38.1 Å². The average Bonchev–Trinajstić information content (AvgIpc) is 2.83. The highest BCUT2D eigenvalue weighted by atomic mass is 19.1. The molecule has 0 aliphatic rings. The van der Waals surface area contributed by atoms with Gasteiger partial charge in [0.05, 0.1) is 6.04 Å². The Morgan fingerprint density at radius 3 is 2.89 bits per heavy atom. The largest absolute Gasteiger partial charge is 0.459 e. The van der Waals surface area contributed by atoms with Crippen molar-refractivity contribution in [1.82, 2.24) is 10.3 Å². The molecular weight excluding hydrogens is 243 g/mol. The van der Waals surface area contributed by atoms with Crippen molar-refractivity contribution in [2.24, 2.45) is 0 Å². The summed E-state index contributed by atoms with van der Waals surface area (Å²) < 4.78 is 19.0. The van der Waals surface area contributed by atoms with Crippen LogP contribution in [0.1, 0.15) is 17.4 Å². The number of rotatable bonds is 3. The molecule has 1 atom stereocenters. The Kier molecular flexibility index (Phi) is 3.01. The van der Waals surface area contributed by atoms with Crippen molar-refractivity contribution in [2.75, 3.05) is 7.05 Å². The van der Waals surface area contributed by atoms with Crippen LogP contribution in [0.5, 0.6) is 0 Å². The van der Waals surface area contributed by atoms with Crippen LogP contribution in [-0.2, 0) is 0 Å². The Balaban J connectivity index is 2.07. The minimum absolute atomic E-state index is 0.0934. The molecule has 3 rings (SSSR count). The predicted octanol–water partition coefficient (Wildman–Crippen LogP) is 3.28. The van der Waals surface area contributed by atoms with Crippen LogP contribution in [-0.4, -0.2) is 12.0 Å². The number of hydrogen-bond acceptors (Lipinski definition) is 3. The molecule has 0 bridgehead atoms. The Labute approximate surface area is 110 Å². The Morgan fingerprint density at radius 2 is 2.16 bits per heavy atom. The fraction of sp³-hybridized carbons (Fsp3) is 0.133. The number of fused-ring (bicyclic) bond motifs is 1. The van der Waals surface area contributed by atoms with E-state index in [9.17, 15) is 4.39 Å². The Bertz CT molecular complexity index is 694. The van der Waals surface area contributed by atoms with Crippen molar-refractivity contribution in [1.29, 1.82) is 0 Å². The van der Waals surface area contributed by atoms with Gasteiger partial charge in [0.2, 0.25) is 0 Å². The smallest absolute Gasteiger partial charge is 0.134 e. The Hall–Kier alpha value is -2.20. The van der Waals surface area contributed by atoms with E-state index < -0.39 is 0 Å². The molecule has 1 N–H and O–H groups in total. The van der Waals surface area contributed by atoms with E-state index in [4.69, 9.17) is 4.42 Å². The first-order valence-corrected chi connectivity index (χ1v) is 6.04. The minimum Gasteiger partial charge on any atom is -0.459 e. The third-order valence-electron chi connectivity index (χ3n) is 3.09. The fourth-order valence-electron chi connectivity index (χ4n) is 2.20. The van der Waals surface area contributed by atoms with Gasteiger partial charge in [-0.3, -0.25) is 4.98 Å². The molecule has 0 aliphatic carbocycles. The lowest BCUT2D eigenvalue weighted by molar-refractivity contribution is 0.490. The number of hydrogen-bond donors (Lipinski definition) is 1. The van der Waals surface area contributed by atoms with Gasteiger partial charge in [-0.05, 0) is 42.9 Å². The van der Waals surface area contributed by atoms with Crippen LogP contribution in [0.3, 0.4) is 0 Å². The van der Waals surface area contributed by atoms with E-state index in [0.29, 0.717) is 5.58 Å². The summed E-state index contributed by atoms with van der Waals surface area (Å²) in [7, 11) is 1.85. The molecule has 0 amide bonds. The maximum atomic E-state index is 13.2. The van der Waals surface area contributed by atoms with Crippen molar-refractivity contribution in [2.45, 2.75) is 6.04 Å². The zero-order valence-electron chi connectivity index (χ0n) is 10.4. The minimum atomic E-state index is -0.262. The quantitative estimate of drug-likeness (QED) is 0.781. The normalized spacial score (nSPS) is 12.7. The van der Waals surface area contributed by atoms with Gasteiger partial charge in [-0.1, -0.05) is 6.07 Å². The number of halogens is 1. The van der Waals surface area contributed by atoms with Crippen molar-refractivity contribution in [3.8, 4) is 0 Å². The van der Waals surface area contributed by atoms with Crippen LogP contribution in [0.25, 0.3) is 11.0 Å². The summed E-state index contributed by atoms with van der Waals surface area (Å²) in [6.07, 6.45) is 3.51. The number of aromatic nitrogens is 1. The molecule has 4 heteroatoms. The van der Waals surface area contributed by atoms with Gasteiger partial charge in [-0.25, -0.2) is 4.39 Å². The van der Waals surface area contributed by atoms with Gasteiger partial charge < -0.3 is 9.73 Å². The first-order chi connectivity index (χ1) is 9.28. The molecule has 0 spiro atoms. The first kappa shape index (κ1) is 11.9. The van der Waals surface area contributed by atoms with Crippen LogP contribution in [0.4, 0.5) is 4.39 Å². The number of pyridine rings is 1. The lowest BCUT2D eigenvalue weighted by Gasteiger charge is -2.12. The molecule has 0 radical (unpaired) electrons. The van der Waals surface area contributed by atoms with E-state index in [1.54, 1.807) is 18.5 Å². The summed E-state index contributed by atoms with van der Waals surface area (Å²) in [6.45, 7) is 0. The van der Waals surface area contributed by atoms with E-state index >= 15 is 0 Å². The van der Waals surface area contributed by atoms with E-state index in [1.807, 2.05) is 25.2 Å². The molecule has 96 valence electrons. The second kappa shape index (κ2) is 4.82. The second-order valence-corrected chi connectivity index (χ2v) is 4.34. The summed E-state index contributed by atoms with van der Waals surface area (Å²) in [5, 5.41) is 3.95. The molecule has 0 fully saturated rings. The molecule has 19 heavy (non-hydrogen) atoms. The SMILES string of the molecule is CNC(c1cccnc1)c1cc2cc(F)ccc2o1. The molecule has 1 unspecified atom stereocenters. The van der Waals surface area contributed by atoms with Crippen LogP contribution in [0.15, 0.2) is 53.2 Å². The van der Waals surface area contributed by atoms with Gasteiger partial charge in [0.25, 0.3) is 0 Å². The number of nitrogens with zero attached hydrogens (tertiary/aromatic N) is 1. The van der Waals surface area contributed by atoms with Crippen molar-refractivity contribution >= 4 is 11.0 Å². The summed E-state index contributed by atoms with van der Waals surface area (Å²) in [6, 6.07) is 10.1. The number of nitrogens with one attached hydrogen (secondary N) is 1. The lowest BCUT2D eigenvalue weighted by Crippen LogP contribution is -2.16. The molecule has 0 saturated carbocycles. The maximum absolute atomic E-state index is 13.2. The van der Waals surface area contributed by atoms with Gasteiger partial charge in [0.1, 0.15) is 17.2 Å². The molecule has 0 aliphatic heterocycles. The van der Waals surface area contributed by atoms with Crippen LogP contribution >= 0.6 is 0 Å². The van der Waals surface area contributed by atoms with Gasteiger partial charge in [0.15, 0.2) is 0 Å². The zero-order chi connectivity index (χ0) is 13.2. The molecule has 3 nitrogen and oxygen atoms in total. The maximum Gasteiger partial charge on any atom is 0.134 e. The highest BCUT2D eigenvalue weighted by molar-refractivity contribution is 5.78. The van der Waals surface area contributed by atoms with Crippen molar-refractivity contribution in [3.05, 3.63) is 65.9 Å². The summed E-state index contributed by atoms with van der Waals surface area (Å²) in [5.74, 6) is 0.485. The Morgan fingerprint density at radius 1 is 1.26 bits per heavy atom. The molecule has 1 aromatic carbocycles. The van der Waals surface area contributed by atoms with E-state index in [0.717, 1.165) is 16.7 Å². The highest BCUT2D eigenvalue weighted by Gasteiger charge is 2.17. The number of furan rings is 1. The van der Waals surface area contributed by atoms with Crippen LogP contribution < -0.4 is 5.32 Å². The first-order valence-electron chi connectivity index (χ1n) is 6.04. The highest BCUT2D eigenvalue weighted by Crippen LogP contribution is 2.28. The monoisotopic (exact) mass is 256 g/mol. The molecular formula is C15H13FN2O. The van der Waals surface area contributed by atoms with E-state index in [-0.39, 0.29) is 11.9 Å². The third-order valence-corrected chi connectivity index (χ3v) is 3.09. The van der Waals surface area contributed by atoms with E-state index in [1.165, 1.54) is 12.1 Å². The van der Waals surface area contributed by atoms with Gasteiger partial charge >= 0.3 is 0 Å². The standard InChI is InChI=1S/C15H13FN2O/c1-17-15(10-3-2-6-18-9-10)14-8-11-7-12(16)4-5-13(11)19-14/h2-9,15,17H,1H3.